The maximum Gasteiger partial charge on any atom is 0.472 e. The number of phosphoric ester groups is 2. The fourth-order valence-electron chi connectivity index (χ4n) is 12.5. The van der Waals surface area contributed by atoms with Crippen molar-refractivity contribution in [1.82, 2.24) is 0 Å². The molecule has 600 valence electrons. The summed E-state index contributed by atoms with van der Waals surface area (Å²) in [5.74, 6) is 1.01. The van der Waals surface area contributed by atoms with Gasteiger partial charge in [0.25, 0.3) is 0 Å². The second-order valence-corrected chi connectivity index (χ2v) is 33.9. The van der Waals surface area contributed by atoms with Gasteiger partial charge in [-0.1, -0.05) is 370 Å². The molecule has 5 unspecified atom stereocenters. The summed E-state index contributed by atoms with van der Waals surface area (Å²) in [5, 5.41) is 10.6. The van der Waals surface area contributed by atoms with E-state index in [2.05, 4.69) is 55.4 Å². The van der Waals surface area contributed by atoms with Gasteiger partial charge in [0.05, 0.1) is 26.4 Å². The number of carbonyl (C=O) groups is 4. The maximum atomic E-state index is 13.1. The molecule has 0 saturated heterocycles. The highest BCUT2D eigenvalue weighted by Gasteiger charge is 2.30. The molecule has 0 aliphatic rings. The van der Waals surface area contributed by atoms with Crippen molar-refractivity contribution < 1.29 is 80.2 Å². The number of hydrogen-bond acceptors (Lipinski definition) is 15. The van der Waals surface area contributed by atoms with E-state index in [0.29, 0.717) is 25.7 Å². The lowest BCUT2D eigenvalue weighted by atomic mass is 9.99. The van der Waals surface area contributed by atoms with Gasteiger partial charge in [-0.3, -0.25) is 37.3 Å². The molecule has 0 aliphatic carbocycles. The van der Waals surface area contributed by atoms with Crippen molar-refractivity contribution in [3.05, 3.63) is 0 Å². The molecule has 3 N–H and O–H groups in total. The summed E-state index contributed by atoms with van der Waals surface area (Å²) in [4.78, 5) is 73.0. The van der Waals surface area contributed by atoms with E-state index in [0.717, 1.165) is 114 Å². The second-order valence-electron chi connectivity index (χ2n) is 31.0. The van der Waals surface area contributed by atoms with Gasteiger partial charge in [0.1, 0.15) is 19.3 Å². The standard InChI is InChI=1S/C82H160O17P2/c1-9-74(7)60-52-44-36-29-25-21-17-13-11-12-14-18-22-26-30-37-46-54-62-79(84)92-68-77(98-81(86)64-56-48-39-31-27-23-19-15-16-20-24-28-34-42-50-58-72(3)4)70-96-100(88,89)94-66-76(83)67-95-101(90,91)97-71-78(99-82(87)65-57-49-41-40-45-53-61-75(8)10-2)69-93-80(85)63-55-47-38-33-32-35-43-51-59-73(5)6/h72-78,83H,9-71H2,1-8H3,(H,88,89)(H,90,91)/t74?,75?,76?,77-,78-/m1/s1. The molecular formula is C82H160O17P2. The van der Waals surface area contributed by atoms with Crippen molar-refractivity contribution in [1.29, 1.82) is 0 Å². The molecule has 0 heterocycles. The molecule has 17 nitrogen and oxygen atoms in total. The van der Waals surface area contributed by atoms with Crippen molar-refractivity contribution in [2.45, 2.75) is 440 Å². The number of esters is 4. The summed E-state index contributed by atoms with van der Waals surface area (Å²) >= 11 is 0. The van der Waals surface area contributed by atoms with Crippen molar-refractivity contribution in [2.24, 2.45) is 23.7 Å². The van der Waals surface area contributed by atoms with Crippen LogP contribution in [0, 0.1) is 23.7 Å². The number of hydrogen-bond donors (Lipinski definition) is 3. The molecule has 0 saturated carbocycles. The lowest BCUT2D eigenvalue weighted by Gasteiger charge is -2.21. The molecule has 0 aromatic heterocycles. The quantitative estimate of drug-likeness (QED) is 0.0222. The average molecular weight is 1480 g/mol. The zero-order chi connectivity index (χ0) is 74.6. The van der Waals surface area contributed by atoms with Crippen molar-refractivity contribution in [3.8, 4) is 0 Å². The largest absolute Gasteiger partial charge is 0.472 e. The highest BCUT2D eigenvalue weighted by atomic mass is 31.2. The Bertz CT molecular complexity index is 1980. The van der Waals surface area contributed by atoms with Crippen LogP contribution in [0.15, 0.2) is 0 Å². The summed E-state index contributed by atoms with van der Waals surface area (Å²) in [6.07, 6.45) is 58.5. The van der Waals surface area contributed by atoms with E-state index < -0.39 is 97.5 Å². The number of carbonyl (C=O) groups excluding carboxylic acids is 4. The minimum Gasteiger partial charge on any atom is -0.462 e. The molecule has 0 aromatic carbocycles. The average Bonchev–Trinajstić information content (AvgIpc) is 1.20. The van der Waals surface area contributed by atoms with E-state index in [-0.39, 0.29) is 25.7 Å². The summed E-state index contributed by atoms with van der Waals surface area (Å²) < 4.78 is 68.7. The third kappa shape index (κ3) is 73.4. The predicted octanol–water partition coefficient (Wildman–Crippen LogP) is 24.4. The van der Waals surface area contributed by atoms with Gasteiger partial charge in [0.15, 0.2) is 12.2 Å². The fraction of sp³-hybridized carbons (Fsp3) is 0.951. The molecule has 7 atom stereocenters. The molecule has 0 aliphatic heterocycles. The van der Waals surface area contributed by atoms with Gasteiger partial charge in [0.2, 0.25) is 0 Å². The van der Waals surface area contributed by atoms with E-state index in [1.54, 1.807) is 0 Å². The number of unbranched alkanes of at least 4 members (excludes halogenated alkanes) is 43. The van der Waals surface area contributed by atoms with Crippen LogP contribution < -0.4 is 0 Å². The number of aliphatic hydroxyl groups is 1. The highest BCUT2D eigenvalue weighted by molar-refractivity contribution is 7.47. The van der Waals surface area contributed by atoms with Gasteiger partial charge in [-0.15, -0.1) is 0 Å². The van der Waals surface area contributed by atoms with Crippen LogP contribution in [-0.2, 0) is 65.4 Å². The molecule has 19 heteroatoms. The number of phosphoric acid groups is 2. The van der Waals surface area contributed by atoms with Gasteiger partial charge in [0, 0.05) is 25.7 Å². The number of ether oxygens (including phenoxy) is 4. The first kappa shape index (κ1) is 99.1. The Morgan fingerprint density at radius 1 is 0.277 bits per heavy atom. The van der Waals surface area contributed by atoms with Crippen molar-refractivity contribution in [2.75, 3.05) is 39.6 Å². The third-order valence-electron chi connectivity index (χ3n) is 19.8. The van der Waals surface area contributed by atoms with Gasteiger partial charge in [-0.25, -0.2) is 9.13 Å². The van der Waals surface area contributed by atoms with E-state index in [1.807, 2.05) is 0 Å². The lowest BCUT2D eigenvalue weighted by molar-refractivity contribution is -0.161. The predicted molar refractivity (Wildman–Crippen MR) is 414 cm³/mol. The van der Waals surface area contributed by atoms with Gasteiger partial charge >= 0.3 is 39.5 Å². The summed E-state index contributed by atoms with van der Waals surface area (Å²) in [5.41, 5.74) is 0. The smallest absolute Gasteiger partial charge is 0.462 e. The monoisotopic (exact) mass is 1480 g/mol. The Balaban J connectivity index is 5.19. The Labute approximate surface area is 619 Å². The molecule has 0 bridgehead atoms. The first-order valence-corrected chi connectivity index (χ1v) is 45.3. The van der Waals surface area contributed by atoms with Crippen LogP contribution in [0.1, 0.15) is 421 Å². The fourth-order valence-corrected chi connectivity index (χ4v) is 14.1. The van der Waals surface area contributed by atoms with Gasteiger partial charge < -0.3 is 33.8 Å². The van der Waals surface area contributed by atoms with Gasteiger partial charge in [-0.2, -0.15) is 0 Å². The molecular weight excluding hydrogens is 1320 g/mol. The van der Waals surface area contributed by atoms with Crippen LogP contribution in [0.3, 0.4) is 0 Å². The zero-order valence-electron chi connectivity index (χ0n) is 66.5. The van der Waals surface area contributed by atoms with E-state index in [9.17, 15) is 43.2 Å². The van der Waals surface area contributed by atoms with E-state index in [4.69, 9.17) is 37.0 Å². The first-order valence-electron chi connectivity index (χ1n) is 42.3. The Morgan fingerprint density at radius 2 is 0.475 bits per heavy atom. The molecule has 0 aromatic rings. The maximum absolute atomic E-state index is 13.1. The van der Waals surface area contributed by atoms with Crippen LogP contribution in [0.2, 0.25) is 0 Å². The minimum atomic E-state index is -4.96. The molecule has 0 fully saturated rings. The summed E-state index contributed by atoms with van der Waals surface area (Å²) in [6, 6.07) is 0. The number of aliphatic hydroxyl groups excluding tert-OH is 1. The van der Waals surface area contributed by atoms with Crippen LogP contribution >= 0.6 is 15.6 Å². The van der Waals surface area contributed by atoms with Crippen molar-refractivity contribution in [3.63, 3.8) is 0 Å². The van der Waals surface area contributed by atoms with Crippen LogP contribution in [0.4, 0.5) is 0 Å². The SMILES string of the molecule is CCC(C)CCCCCCCCCCCCCCCCCCCCC(=O)OC[C@H](COP(=O)(O)OCC(O)COP(=O)(O)OC[C@@H](COC(=O)CCCCCCCCCCC(C)C)OC(=O)CCCCCCCCC(C)CC)OC(=O)CCCCCCCCCCCCCCCCCC(C)C. The third-order valence-corrected chi connectivity index (χ3v) is 21.7. The number of rotatable bonds is 79. The van der Waals surface area contributed by atoms with E-state index >= 15 is 0 Å². The van der Waals surface area contributed by atoms with Gasteiger partial charge in [-0.05, 0) is 49.4 Å². The summed E-state index contributed by atoms with van der Waals surface area (Å²) in [6.45, 7) is 14.3. The molecule has 0 radical (unpaired) electrons. The molecule has 0 amide bonds. The lowest BCUT2D eigenvalue weighted by Crippen LogP contribution is -2.30. The minimum absolute atomic E-state index is 0.102. The Hall–Kier alpha value is -1.94. The topological polar surface area (TPSA) is 237 Å². The molecule has 101 heavy (non-hydrogen) atoms. The van der Waals surface area contributed by atoms with Crippen LogP contribution in [-0.4, -0.2) is 96.7 Å². The summed E-state index contributed by atoms with van der Waals surface area (Å²) in [7, 11) is -9.92. The first-order chi connectivity index (χ1) is 48.7. The van der Waals surface area contributed by atoms with Crippen LogP contribution in [0.5, 0.6) is 0 Å². The van der Waals surface area contributed by atoms with Crippen LogP contribution in [0.25, 0.3) is 0 Å². The normalized spacial score (nSPS) is 14.5. The Morgan fingerprint density at radius 3 is 0.703 bits per heavy atom. The zero-order valence-corrected chi connectivity index (χ0v) is 68.3. The Kier molecular flexibility index (Phi) is 69.6. The second kappa shape index (κ2) is 71.0. The highest BCUT2D eigenvalue weighted by Crippen LogP contribution is 2.45. The van der Waals surface area contributed by atoms with Crippen molar-refractivity contribution >= 4 is 39.5 Å². The molecule has 0 rings (SSSR count). The molecule has 0 spiro atoms. The van der Waals surface area contributed by atoms with E-state index in [1.165, 1.54) is 225 Å².